The number of aromatic nitrogens is 3. The molecule has 2 heterocycles. The molecule has 6 heteroatoms. The molecule has 30 heavy (non-hydrogen) atoms. The van der Waals surface area contributed by atoms with Gasteiger partial charge in [-0.1, -0.05) is 18.2 Å². The molecule has 5 rings (SSSR count). The lowest BCUT2D eigenvalue weighted by Crippen LogP contribution is -2.28. The van der Waals surface area contributed by atoms with E-state index in [4.69, 9.17) is 0 Å². The summed E-state index contributed by atoms with van der Waals surface area (Å²) in [7, 11) is 1.99. The van der Waals surface area contributed by atoms with Crippen molar-refractivity contribution in [1.29, 1.82) is 0 Å². The van der Waals surface area contributed by atoms with Crippen LogP contribution in [0.15, 0.2) is 48.5 Å². The molecule has 2 atom stereocenters. The molecule has 0 saturated heterocycles. The molecule has 1 fully saturated rings. The van der Waals surface area contributed by atoms with Gasteiger partial charge in [-0.3, -0.25) is 4.68 Å². The van der Waals surface area contributed by atoms with Crippen LogP contribution in [0.25, 0.3) is 21.8 Å². The van der Waals surface area contributed by atoms with E-state index in [0.717, 1.165) is 59.3 Å². The number of fused-ring (bicyclic) bond motifs is 2. The van der Waals surface area contributed by atoms with E-state index in [2.05, 4.69) is 38.9 Å². The summed E-state index contributed by atoms with van der Waals surface area (Å²) in [5.41, 5.74) is 4.13. The Morgan fingerprint density at radius 3 is 2.80 bits per heavy atom. The molecular weight excluding hydrogens is 377 g/mol. The Morgan fingerprint density at radius 2 is 1.90 bits per heavy atom. The van der Waals surface area contributed by atoms with Gasteiger partial charge < -0.3 is 10.6 Å². The van der Waals surface area contributed by atoms with Crippen molar-refractivity contribution in [3.63, 3.8) is 0 Å². The highest BCUT2D eigenvalue weighted by molar-refractivity contribution is 5.84. The molecule has 154 valence electrons. The van der Waals surface area contributed by atoms with Gasteiger partial charge in [0.2, 0.25) is 0 Å². The predicted molar refractivity (Wildman–Crippen MR) is 119 cm³/mol. The highest BCUT2D eigenvalue weighted by Gasteiger charge is 2.25. The van der Waals surface area contributed by atoms with Crippen LogP contribution < -0.4 is 10.6 Å². The van der Waals surface area contributed by atoms with Gasteiger partial charge in [0, 0.05) is 36.4 Å². The van der Waals surface area contributed by atoms with Gasteiger partial charge in [0.05, 0.1) is 16.7 Å². The number of hydrogen-bond acceptors (Lipinski definition) is 4. The number of rotatable bonds is 5. The molecule has 0 radical (unpaired) electrons. The Bertz CT molecular complexity index is 1220. The van der Waals surface area contributed by atoms with Crippen LogP contribution in [0.3, 0.4) is 0 Å². The SMILES string of the molecule is Cc1cc(N[C@H]2CC[C@H](NCc3nn(C)c4ccccc34)C2)nc2ccc(F)cc12. The minimum Gasteiger partial charge on any atom is -0.367 e. The summed E-state index contributed by atoms with van der Waals surface area (Å²) in [6.45, 7) is 2.78. The van der Waals surface area contributed by atoms with E-state index in [9.17, 15) is 4.39 Å². The molecule has 1 aliphatic rings. The normalized spacial score (nSPS) is 19.0. The van der Waals surface area contributed by atoms with Crippen molar-refractivity contribution in [3.05, 3.63) is 65.6 Å². The second kappa shape index (κ2) is 7.69. The van der Waals surface area contributed by atoms with Gasteiger partial charge in [0.1, 0.15) is 11.6 Å². The molecule has 2 N–H and O–H groups in total. The maximum absolute atomic E-state index is 13.5. The molecule has 0 unspecified atom stereocenters. The van der Waals surface area contributed by atoms with Crippen LogP contribution in [0.4, 0.5) is 10.2 Å². The van der Waals surface area contributed by atoms with Crippen LogP contribution in [0.2, 0.25) is 0 Å². The van der Waals surface area contributed by atoms with E-state index in [1.54, 1.807) is 12.1 Å². The lowest BCUT2D eigenvalue weighted by Gasteiger charge is -2.16. The van der Waals surface area contributed by atoms with Gasteiger partial charge in [-0.2, -0.15) is 5.10 Å². The van der Waals surface area contributed by atoms with Crippen molar-refractivity contribution in [2.75, 3.05) is 5.32 Å². The average Bonchev–Trinajstić information content (AvgIpc) is 3.31. The smallest absolute Gasteiger partial charge is 0.127 e. The third-order valence-corrected chi connectivity index (χ3v) is 6.15. The molecule has 2 aromatic carbocycles. The maximum atomic E-state index is 13.5. The van der Waals surface area contributed by atoms with Crippen LogP contribution in [0, 0.1) is 12.7 Å². The monoisotopic (exact) mass is 403 g/mol. The molecule has 2 aromatic heterocycles. The second-order valence-corrected chi connectivity index (χ2v) is 8.31. The molecule has 5 nitrogen and oxygen atoms in total. The zero-order chi connectivity index (χ0) is 20.7. The number of hydrogen-bond donors (Lipinski definition) is 2. The number of aryl methyl sites for hydroxylation is 2. The molecule has 1 aliphatic carbocycles. The first kappa shape index (κ1) is 19.0. The number of nitrogens with zero attached hydrogens (tertiary/aromatic N) is 3. The van der Waals surface area contributed by atoms with E-state index in [1.165, 1.54) is 11.5 Å². The van der Waals surface area contributed by atoms with Crippen molar-refractivity contribution < 1.29 is 4.39 Å². The molecule has 0 bridgehead atoms. The zero-order valence-electron chi connectivity index (χ0n) is 17.3. The first-order valence-corrected chi connectivity index (χ1v) is 10.5. The van der Waals surface area contributed by atoms with Gasteiger partial charge in [0.25, 0.3) is 0 Å². The fourth-order valence-electron chi connectivity index (χ4n) is 4.61. The van der Waals surface area contributed by atoms with E-state index in [0.29, 0.717) is 12.1 Å². The van der Waals surface area contributed by atoms with Crippen molar-refractivity contribution in [2.45, 2.75) is 44.8 Å². The van der Waals surface area contributed by atoms with Crippen LogP contribution in [0.1, 0.15) is 30.5 Å². The number of para-hydroxylation sites is 1. The molecule has 0 aliphatic heterocycles. The Morgan fingerprint density at radius 1 is 1.07 bits per heavy atom. The Hall–Kier alpha value is -2.99. The van der Waals surface area contributed by atoms with Crippen LogP contribution in [-0.2, 0) is 13.6 Å². The van der Waals surface area contributed by atoms with Gasteiger partial charge in [-0.15, -0.1) is 0 Å². The lowest BCUT2D eigenvalue weighted by atomic mass is 10.1. The molecule has 0 amide bonds. The first-order chi connectivity index (χ1) is 14.6. The molecule has 1 saturated carbocycles. The third-order valence-electron chi connectivity index (χ3n) is 6.15. The summed E-state index contributed by atoms with van der Waals surface area (Å²) in [5, 5.41) is 14.0. The van der Waals surface area contributed by atoms with E-state index < -0.39 is 0 Å². The first-order valence-electron chi connectivity index (χ1n) is 10.5. The Kier molecular flexibility index (Phi) is 4.87. The summed E-state index contributed by atoms with van der Waals surface area (Å²) in [6, 6.07) is 16.0. The minimum absolute atomic E-state index is 0.224. The lowest BCUT2D eigenvalue weighted by molar-refractivity contribution is 0.513. The highest BCUT2D eigenvalue weighted by atomic mass is 19.1. The van der Waals surface area contributed by atoms with Crippen molar-refractivity contribution >= 4 is 27.6 Å². The summed E-state index contributed by atoms with van der Waals surface area (Å²) in [5.74, 6) is 0.645. The molecular formula is C24H26FN5. The predicted octanol–water partition coefficient (Wildman–Crippen LogP) is 4.69. The number of halogens is 1. The summed E-state index contributed by atoms with van der Waals surface area (Å²) >= 11 is 0. The highest BCUT2D eigenvalue weighted by Crippen LogP contribution is 2.26. The van der Waals surface area contributed by atoms with Crippen LogP contribution in [-0.4, -0.2) is 26.8 Å². The van der Waals surface area contributed by atoms with Gasteiger partial charge in [-0.05, 0) is 62.1 Å². The average molecular weight is 404 g/mol. The van der Waals surface area contributed by atoms with E-state index in [1.807, 2.05) is 30.8 Å². The quantitative estimate of drug-likeness (QED) is 0.508. The summed E-state index contributed by atoms with van der Waals surface area (Å²) in [6.07, 6.45) is 3.27. The van der Waals surface area contributed by atoms with Crippen LogP contribution in [0.5, 0.6) is 0 Å². The number of anilines is 1. The van der Waals surface area contributed by atoms with Crippen LogP contribution >= 0.6 is 0 Å². The minimum atomic E-state index is -0.224. The van der Waals surface area contributed by atoms with Gasteiger partial charge in [-0.25, -0.2) is 9.37 Å². The zero-order valence-corrected chi connectivity index (χ0v) is 17.3. The summed E-state index contributed by atoms with van der Waals surface area (Å²) < 4.78 is 15.5. The van der Waals surface area contributed by atoms with E-state index >= 15 is 0 Å². The standard InChI is InChI=1S/C24H26FN5/c1-15-11-24(28-21-10-7-16(25)12-20(15)21)27-18-9-8-17(13-18)26-14-22-19-5-3-4-6-23(19)30(2)29-22/h3-7,10-12,17-18,26H,8-9,13-14H2,1-2H3,(H,27,28)/t17-,18-/m0/s1. The molecule has 4 aromatic rings. The maximum Gasteiger partial charge on any atom is 0.127 e. The van der Waals surface area contributed by atoms with Gasteiger partial charge in [0.15, 0.2) is 0 Å². The fourth-order valence-corrected chi connectivity index (χ4v) is 4.61. The van der Waals surface area contributed by atoms with Crippen molar-refractivity contribution in [1.82, 2.24) is 20.1 Å². The largest absolute Gasteiger partial charge is 0.367 e. The number of benzene rings is 2. The summed E-state index contributed by atoms with van der Waals surface area (Å²) in [4.78, 5) is 4.69. The van der Waals surface area contributed by atoms with Crippen molar-refractivity contribution in [3.8, 4) is 0 Å². The Balaban J connectivity index is 1.23. The molecule has 0 spiro atoms. The van der Waals surface area contributed by atoms with Gasteiger partial charge >= 0.3 is 0 Å². The Labute approximate surface area is 175 Å². The van der Waals surface area contributed by atoms with E-state index in [-0.39, 0.29) is 5.82 Å². The number of pyridine rings is 1. The third kappa shape index (κ3) is 3.63. The second-order valence-electron chi connectivity index (χ2n) is 8.31. The van der Waals surface area contributed by atoms with Crippen molar-refractivity contribution in [2.24, 2.45) is 7.05 Å². The fraction of sp³-hybridized carbons (Fsp3) is 0.333. The number of nitrogens with one attached hydrogen (secondary N) is 2. The topological polar surface area (TPSA) is 54.8 Å².